The molecule has 2 saturated heterocycles. The van der Waals surface area contributed by atoms with Crippen molar-refractivity contribution in [1.29, 1.82) is 0 Å². The van der Waals surface area contributed by atoms with Crippen molar-refractivity contribution in [2.75, 3.05) is 26.2 Å². The third-order valence-electron chi connectivity index (χ3n) is 3.63. The Kier molecular flexibility index (Phi) is 5.56. The molecule has 21 heavy (non-hydrogen) atoms. The van der Waals surface area contributed by atoms with E-state index in [1.54, 1.807) is 6.07 Å². The van der Waals surface area contributed by atoms with E-state index in [1.807, 2.05) is 9.80 Å². The number of carbonyl (C=O) groups is 1. The molecule has 7 heteroatoms. The van der Waals surface area contributed by atoms with Crippen molar-refractivity contribution in [3.8, 4) is 5.75 Å². The summed E-state index contributed by atoms with van der Waals surface area (Å²) in [6.45, 7) is 3.14. The van der Waals surface area contributed by atoms with Crippen LogP contribution in [0.4, 0.5) is 4.79 Å². The monoisotopic (exact) mass is 331 g/mol. The largest absolute Gasteiger partial charge is 0.508 e. The van der Waals surface area contributed by atoms with Gasteiger partial charge in [0.1, 0.15) is 5.75 Å². The van der Waals surface area contributed by atoms with E-state index in [2.05, 4.69) is 0 Å². The molecule has 0 radical (unpaired) electrons. The number of halogens is 2. The van der Waals surface area contributed by atoms with E-state index in [0.717, 1.165) is 13.1 Å². The second-order valence-corrected chi connectivity index (χ2v) is 5.92. The quantitative estimate of drug-likeness (QED) is 0.874. The molecule has 0 aromatic heterocycles. The van der Waals surface area contributed by atoms with Gasteiger partial charge in [0.15, 0.2) is 0 Å². The Morgan fingerprint density at radius 3 is 2.67 bits per heavy atom. The van der Waals surface area contributed by atoms with E-state index in [9.17, 15) is 4.79 Å². The number of aromatic hydroxyl groups is 1. The van der Waals surface area contributed by atoms with Crippen LogP contribution in [0.2, 0.25) is 10.0 Å². The molecule has 116 valence electrons. The Morgan fingerprint density at radius 1 is 1.33 bits per heavy atom. The lowest BCUT2D eigenvalue weighted by Crippen LogP contribution is -2.34. The molecule has 2 aliphatic heterocycles. The fourth-order valence-corrected chi connectivity index (χ4v) is 2.91. The Bertz CT molecular complexity index is 513. The van der Waals surface area contributed by atoms with Gasteiger partial charge in [0.25, 0.3) is 0 Å². The molecule has 0 spiro atoms. The van der Waals surface area contributed by atoms with Gasteiger partial charge >= 0.3 is 6.03 Å². The molecule has 5 nitrogen and oxygen atoms in total. The topological polar surface area (TPSA) is 69.8 Å². The molecule has 1 aromatic rings. The molecule has 2 aliphatic rings. The number of phenolic OH excluding ortho intramolecular Hbond substituents is 1. The summed E-state index contributed by atoms with van der Waals surface area (Å²) in [5.41, 5.74) is 5.41. The third kappa shape index (κ3) is 3.93. The number of hydrogen-bond donors (Lipinski definition) is 2. The van der Waals surface area contributed by atoms with Crippen molar-refractivity contribution in [2.45, 2.75) is 18.9 Å². The second-order valence-electron chi connectivity index (χ2n) is 5.11. The van der Waals surface area contributed by atoms with Crippen molar-refractivity contribution in [3.63, 3.8) is 0 Å². The van der Waals surface area contributed by atoms with Crippen LogP contribution >= 0.6 is 23.2 Å². The highest BCUT2D eigenvalue weighted by Gasteiger charge is 2.39. The maximum atomic E-state index is 11.6. The summed E-state index contributed by atoms with van der Waals surface area (Å²) in [6, 6.07) is 5.10. The first kappa shape index (κ1) is 16.2. The average Bonchev–Trinajstić information content (AvgIpc) is 3.00. The number of fused-ring (bicyclic) bond motifs is 1. The maximum Gasteiger partial charge on any atom is 0.320 e. The minimum Gasteiger partial charge on any atom is -0.508 e. The van der Waals surface area contributed by atoms with Gasteiger partial charge in [-0.05, 0) is 31.0 Å². The smallest absolute Gasteiger partial charge is 0.320 e. The highest BCUT2D eigenvalue weighted by molar-refractivity contribution is 6.42. The maximum absolute atomic E-state index is 11.6. The van der Waals surface area contributed by atoms with E-state index in [0.29, 0.717) is 29.2 Å². The summed E-state index contributed by atoms with van der Waals surface area (Å²) >= 11 is 11.1. The van der Waals surface area contributed by atoms with Gasteiger partial charge in [-0.15, -0.1) is 0 Å². The number of rotatable bonds is 2. The first-order chi connectivity index (χ1) is 10.0. The average molecular weight is 332 g/mol. The second kappa shape index (κ2) is 7.20. The van der Waals surface area contributed by atoms with Crippen LogP contribution in [-0.2, 0) is 0 Å². The minimum absolute atomic E-state index is 0.129. The number of nitrogens with zero attached hydrogens (tertiary/aromatic N) is 2. The van der Waals surface area contributed by atoms with Gasteiger partial charge in [0.05, 0.1) is 16.1 Å². The molecule has 0 aliphatic carbocycles. The predicted octanol–water partition coefficient (Wildman–Crippen LogP) is 2.54. The van der Waals surface area contributed by atoms with E-state index < -0.39 is 0 Å². The van der Waals surface area contributed by atoms with Crippen LogP contribution in [0.3, 0.4) is 0 Å². The number of carbonyl (C=O) groups excluding carboxylic acids is 1. The molecule has 3 rings (SSSR count). The molecule has 1 aromatic carbocycles. The molecule has 0 saturated carbocycles. The summed E-state index contributed by atoms with van der Waals surface area (Å²) in [4.78, 5) is 15.4. The third-order valence-corrected chi connectivity index (χ3v) is 4.37. The van der Waals surface area contributed by atoms with Gasteiger partial charge in [-0.1, -0.05) is 23.2 Å². The number of amides is 2. The van der Waals surface area contributed by atoms with Crippen molar-refractivity contribution in [3.05, 3.63) is 28.2 Å². The van der Waals surface area contributed by atoms with Crippen LogP contribution in [0.25, 0.3) is 0 Å². The van der Waals surface area contributed by atoms with E-state index >= 15 is 0 Å². The van der Waals surface area contributed by atoms with Gasteiger partial charge in [-0.3, -0.25) is 0 Å². The fraction of sp³-hybridized carbons (Fsp3) is 0.500. The van der Waals surface area contributed by atoms with Crippen LogP contribution in [0, 0.1) is 0 Å². The lowest BCUT2D eigenvalue weighted by molar-refractivity contribution is 0.194. The molecular weight excluding hydrogens is 313 g/mol. The summed E-state index contributed by atoms with van der Waals surface area (Å²) in [5, 5.41) is 9.62. The number of urea groups is 1. The molecule has 2 fully saturated rings. The zero-order valence-electron chi connectivity index (χ0n) is 11.6. The molecular formula is C14H19Cl2N3O2. The summed E-state index contributed by atoms with van der Waals surface area (Å²) in [5.74, 6) is 0.129. The van der Waals surface area contributed by atoms with Crippen LogP contribution in [0.5, 0.6) is 5.75 Å². The number of benzene rings is 1. The lowest BCUT2D eigenvalue weighted by atomic mass is 10.2. The van der Waals surface area contributed by atoms with Crippen LogP contribution in [0.15, 0.2) is 18.2 Å². The summed E-state index contributed by atoms with van der Waals surface area (Å²) in [6.07, 6.45) is 2.35. The minimum atomic E-state index is 0.129. The molecule has 3 N–H and O–H groups in total. The highest BCUT2D eigenvalue weighted by Crippen LogP contribution is 2.26. The first-order valence-electron chi connectivity index (χ1n) is 6.92. The van der Waals surface area contributed by atoms with Crippen molar-refractivity contribution in [1.82, 2.24) is 9.80 Å². The molecule has 2 amide bonds. The zero-order valence-corrected chi connectivity index (χ0v) is 13.1. The highest BCUT2D eigenvalue weighted by atomic mass is 35.5. The summed E-state index contributed by atoms with van der Waals surface area (Å²) < 4.78 is 0. The zero-order chi connectivity index (χ0) is 15.4. The van der Waals surface area contributed by atoms with Crippen molar-refractivity contribution in [2.24, 2.45) is 5.73 Å². The molecule has 0 unspecified atom stereocenters. The Balaban J connectivity index is 0.000000161. The van der Waals surface area contributed by atoms with Gasteiger partial charge < -0.3 is 20.6 Å². The normalized spacial score (nSPS) is 20.3. The number of hydrogen-bond acceptors (Lipinski definition) is 3. The van der Waals surface area contributed by atoms with Crippen molar-refractivity contribution >= 4 is 29.2 Å². The summed E-state index contributed by atoms with van der Waals surface area (Å²) in [7, 11) is 0. The van der Waals surface area contributed by atoms with Crippen LogP contribution < -0.4 is 5.73 Å². The Morgan fingerprint density at radius 2 is 2.10 bits per heavy atom. The van der Waals surface area contributed by atoms with Gasteiger partial charge in [0.2, 0.25) is 0 Å². The van der Waals surface area contributed by atoms with Crippen LogP contribution in [0.1, 0.15) is 12.8 Å². The van der Waals surface area contributed by atoms with E-state index in [4.69, 9.17) is 34.0 Å². The standard InChI is InChI=1S/C8H15N3O.C6H4Cl2O/c9-3-5-10-6-7-2-1-4-11(7)8(10)12;7-5-2-1-4(9)3-6(5)8/h7H,1-6,9H2;1-3,9H/t7-;/m0./s1. The number of phenols is 1. The molecule has 0 bridgehead atoms. The van der Waals surface area contributed by atoms with Gasteiger partial charge in [0, 0.05) is 26.2 Å². The number of nitrogens with two attached hydrogens (primary N) is 1. The van der Waals surface area contributed by atoms with Crippen molar-refractivity contribution < 1.29 is 9.90 Å². The SMILES string of the molecule is NCCN1C[C@@H]2CCCN2C1=O.Oc1ccc(Cl)c(Cl)c1. The predicted molar refractivity (Wildman–Crippen MR) is 83.9 cm³/mol. The van der Waals surface area contributed by atoms with E-state index in [1.165, 1.54) is 25.0 Å². The van der Waals surface area contributed by atoms with E-state index in [-0.39, 0.29) is 11.8 Å². The Labute approximate surface area is 134 Å². The first-order valence-corrected chi connectivity index (χ1v) is 7.68. The van der Waals surface area contributed by atoms with Gasteiger partial charge in [-0.2, -0.15) is 0 Å². The Hall–Kier alpha value is -1.17. The lowest BCUT2D eigenvalue weighted by Gasteiger charge is -2.15. The fourth-order valence-electron chi connectivity index (χ4n) is 2.62. The molecule has 1 atom stereocenters. The van der Waals surface area contributed by atoms with Crippen LogP contribution in [-0.4, -0.2) is 53.2 Å². The molecule has 2 heterocycles. The van der Waals surface area contributed by atoms with Gasteiger partial charge in [-0.25, -0.2) is 4.79 Å².